The van der Waals surface area contributed by atoms with Gasteiger partial charge in [-0.2, -0.15) is 0 Å². The molecule has 0 aliphatic carbocycles. The Morgan fingerprint density at radius 3 is 1.42 bits per heavy atom. The molecule has 0 bridgehead atoms. The summed E-state index contributed by atoms with van der Waals surface area (Å²) in [6.07, 6.45) is 6.53. The molecule has 2 saturated heterocycles. The number of aliphatic carboxylic acids is 1. The van der Waals surface area contributed by atoms with Gasteiger partial charge in [-0.1, -0.05) is 13.8 Å². The van der Waals surface area contributed by atoms with E-state index in [1.165, 1.54) is 19.3 Å². The third-order valence-corrected chi connectivity index (χ3v) is 5.32. The Morgan fingerprint density at radius 2 is 1.16 bits per heavy atom. The van der Waals surface area contributed by atoms with E-state index in [1.54, 1.807) is 6.92 Å². The van der Waals surface area contributed by atoms with E-state index in [0.717, 1.165) is 12.8 Å². The lowest BCUT2D eigenvalue weighted by atomic mass is 9.81. The Bertz CT molecular complexity index is 527. The summed E-state index contributed by atoms with van der Waals surface area (Å²) in [5, 5.41) is 14.9. The van der Waals surface area contributed by atoms with E-state index in [1.807, 2.05) is 6.92 Å². The number of hydrogen-bond acceptors (Lipinski definition) is 6. The molecule has 0 spiro atoms. The highest BCUT2D eigenvalue weighted by atomic mass is 16.5. The van der Waals surface area contributed by atoms with Crippen molar-refractivity contribution in [2.45, 2.75) is 142 Å². The van der Waals surface area contributed by atoms with E-state index in [2.05, 4.69) is 66.0 Å². The number of carboxylic acid groups (broad SMARTS) is 1. The first-order valence-electron chi connectivity index (χ1n) is 11.4. The molecule has 2 heterocycles. The van der Waals surface area contributed by atoms with Crippen LogP contribution in [0.3, 0.4) is 0 Å². The first-order chi connectivity index (χ1) is 13.4. The van der Waals surface area contributed by atoms with Gasteiger partial charge in [0.25, 0.3) is 0 Å². The highest BCUT2D eigenvalue weighted by Gasteiger charge is 2.39. The summed E-state index contributed by atoms with van der Waals surface area (Å²) in [6.45, 7) is 21.2. The van der Waals surface area contributed by atoms with Crippen LogP contribution in [0.25, 0.3) is 0 Å². The lowest BCUT2D eigenvalue weighted by molar-refractivity contribution is -0.152. The molecule has 2 fully saturated rings. The highest BCUT2D eigenvalue weighted by Crippen LogP contribution is 2.30. The summed E-state index contributed by atoms with van der Waals surface area (Å²) in [6, 6.07) is 0. The molecule has 0 unspecified atom stereocenters. The molecule has 2 aliphatic rings. The van der Waals surface area contributed by atoms with Gasteiger partial charge in [0.05, 0.1) is 0 Å². The Kier molecular flexibility index (Phi) is 13.2. The van der Waals surface area contributed by atoms with Gasteiger partial charge in [0.15, 0.2) is 0 Å². The molecule has 0 amide bonds. The second-order valence-corrected chi connectivity index (χ2v) is 11.3. The molecule has 2 aliphatic heterocycles. The van der Waals surface area contributed by atoms with E-state index in [9.17, 15) is 9.59 Å². The summed E-state index contributed by atoms with van der Waals surface area (Å²) >= 11 is 0. The van der Waals surface area contributed by atoms with Crippen LogP contribution >= 0.6 is 0 Å². The zero-order valence-electron chi connectivity index (χ0n) is 21.9. The average Bonchev–Trinajstić information content (AvgIpc) is 2.50. The van der Waals surface area contributed by atoms with Gasteiger partial charge in [-0.3, -0.25) is 9.59 Å². The number of hydrogen-bond donors (Lipinski definition) is 4. The molecule has 0 radical (unpaired) electrons. The molecule has 2 rings (SSSR count). The van der Waals surface area contributed by atoms with Crippen molar-refractivity contribution in [1.82, 2.24) is 16.8 Å². The van der Waals surface area contributed by atoms with E-state index in [4.69, 9.17) is 9.84 Å². The standard InChI is InChI=1S/C12H23NO2.C9H19N.C3H6O2.H3N/c1-6-10(14)15-9-7-11(2,3)13-12(4,5)8-9;1-8(2)6-5-7-9(3,4)10-8;1-2-3(4)5;/h9,13H,6-8H2,1-5H3;10H,5-7H2,1-4H3;2H2,1H3,(H,4,5);1H3. The van der Waals surface area contributed by atoms with Crippen LogP contribution in [0, 0.1) is 0 Å². The van der Waals surface area contributed by atoms with Crippen molar-refractivity contribution in [1.29, 1.82) is 0 Å². The predicted molar refractivity (Wildman–Crippen MR) is 129 cm³/mol. The molecule has 0 aromatic rings. The summed E-state index contributed by atoms with van der Waals surface area (Å²) in [4.78, 5) is 20.6. The maximum absolute atomic E-state index is 11.3. The number of carboxylic acids is 1. The molecular formula is C24H51N3O4. The number of carbonyl (C=O) groups excluding carboxylic acids is 1. The topological polar surface area (TPSA) is 123 Å². The molecule has 31 heavy (non-hydrogen) atoms. The van der Waals surface area contributed by atoms with Crippen LogP contribution in [0.2, 0.25) is 0 Å². The van der Waals surface area contributed by atoms with Crippen LogP contribution in [0.15, 0.2) is 0 Å². The average molecular weight is 446 g/mol. The highest BCUT2D eigenvalue weighted by molar-refractivity contribution is 5.69. The second kappa shape index (κ2) is 12.8. The molecule has 0 atom stereocenters. The van der Waals surface area contributed by atoms with Crippen molar-refractivity contribution < 1.29 is 19.4 Å². The molecule has 7 heteroatoms. The lowest BCUT2D eigenvalue weighted by Gasteiger charge is -2.45. The minimum absolute atomic E-state index is 0. The molecule has 6 N–H and O–H groups in total. The second-order valence-electron chi connectivity index (χ2n) is 11.3. The van der Waals surface area contributed by atoms with Crippen molar-refractivity contribution in [2.24, 2.45) is 0 Å². The van der Waals surface area contributed by atoms with Crippen LogP contribution in [0.4, 0.5) is 0 Å². The number of nitrogens with one attached hydrogen (secondary N) is 2. The van der Waals surface area contributed by atoms with Crippen LogP contribution in [0.5, 0.6) is 0 Å². The Balaban J connectivity index is 0. The van der Waals surface area contributed by atoms with Crippen molar-refractivity contribution in [2.75, 3.05) is 0 Å². The van der Waals surface area contributed by atoms with Crippen LogP contribution in [0.1, 0.15) is 114 Å². The Labute approximate surface area is 191 Å². The fourth-order valence-corrected chi connectivity index (χ4v) is 4.59. The zero-order chi connectivity index (χ0) is 23.8. The Hall–Kier alpha value is -1.18. The number of ether oxygens (including phenoxy) is 1. The molecule has 7 nitrogen and oxygen atoms in total. The van der Waals surface area contributed by atoms with E-state index in [-0.39, 0.29) is 35.7 Å². The molecule has 0 aromatic heterocycles. The van der Waals surface area contributed by atoms with E-state index < -0.39 is 5.97 Å². The summed E-state index contributed by atoms with van der Waals surface area (Å²) < 4.78 is 5.43. The predicted octanol–water partition coefficient (Wildman–Crippen LogP) is 5.21. The number of rotatable bonds is 3. The third kappa shape index (κ3) is 15.3. The van der Waals surface area contributed by atoms with Crippen molar-refractivity contribution >= 4 is 11.9 Å². The summed E-state index contributed by atoms with van der Waals surface area (Å²) in [5.74, 6) is -0.835. The summed E-state index contributed by atoms with van der Waals surface area (Å²) in [7, 11) is 0. The van der Waals surface area contributed by atoms with Crippen molar-refractivity contribution in [3.63, 3.8) is 0 Å². The molecule has 186 valence electrons. The van der Waals surface area contributed by atoms with Crippen LogP contribution < -0.4 is 16.8 Å². The fourth-order valence-electron chi connectivity index (χ4n) is 4.59. The van der Waals surface area contributed by atoms with E-state index in [0.29, 0.717) is 17.5 Å². The zero-order valence-corrected chi connectivity index (χ0v) is 21.9. The smallest absolute Gasteiger partial charge is 0.305 e. The third-order valence-electron chi connectivity index (χ3n) is 5.32. The fraction of sp³-hybridized carbons (Fsp3) is 0.917. The Morgan fingerprint density at radius 1 is 0.806 bits per heavy atom. The number of carbonyl (C=O) groups is 2. The first kappa shape index (κ1) is 32.0. The largest absolute Gasteiger partial charge is 0.481 e. The van der Waals surface area contributed by atoms with Crippen molar-refractivity contribution in [3.05, 3.63) is 0 Å². The normalized spacial score (nSPS) is 22.9. The lowest BCUT2D eigenvalue weighted by Crippen LogP contribution is -2.59. The van der Waals surface area contributed by atoms with Gasteiger partial charge < -0.3 is 26.6 Å². The minimum atomic E-state index is -0.745. The van der Waals surface area contributed by atoms with Gasteiger partial charge >= 0.3 is 11.9 Å². The SMILES string of the molecule is CC1(C)CCCC(C)(C)N1.CCC(=O)O.CCC(=O)OC1CC(C)(C)NC(C)(C)C1.N. The first-order valence-corrected chi connectivity index (χ1v) is 11.4. The van der Waals surface area contributed by atoms with Crippen LogP contribution in [-0.2, 0) is 14.3 Å². The minimum Gasteiger partial charge on any atom is -0.481 e. The monoisotopic (exact) mass is 445 g/mol. The summed E-state index contributed by atoms with van der Waals surface area (Å²) in [5.41, 5.74) is 0.810. The van der Waals surface area contributed by atoms with Crippen molar-refractivity contribution in [3.8, 4) is 0 Å². The number of piperidine rings is 2. The van der Waals surface area contributed by atoms with Gasteiger partial charge in [-0.25, -0.2) is 0 Å². The van der Waals surface area contributed by atoms with Crippen LogP contribution in [-0.4, -0.2) is 45.3 Å². The molecular weight excluding hydrogens is 394 g/mol. The van der Waals surface area contributed by atoms with Gasteiger partial charge in [-0.15, -0.1) is 0 Å². The van der Waals surface area contributed by atoms with E-state index >= 15 is 0 Å². The quantitative estimate of drug-likeness (QED) is 0.440. The van der Waals surface area contributed by atoms with Gasteiger partial charge in [0, 0.05) is 47.8 Å². The molecule has 0 aromatic carbocycles. The molecule has 0 saturated carbocycles. The van der Waals surface area contributed by atoms with Gasteiger partial charge in [0.1, 0.15) is 6.10 Å². The van der Waals surface area contributed by atoms with Gasteiger partial charge in [-0.05, 0) is 74.7 Å². The maximum Gasteiger partial charge on any atom is 0.305 e. The van der Waals surface area contributed by atoms with Gasteiger partial charge in [0.2, 0.25) is 0 Å². The number of esters is 1. The maximum atomic E-state index is 11.3.